The Bertz CT molecular complexity index is 926. The lowest BCUT2D eigenvalue weighted by molar-refractivity contribution is -0.137. The summed E-state index contributed by atoms with van der Waals surface area (Å²) in [5, 5.41) is 3.27. The number of nitrogens with zero attached hydrogens (tertiary/aromatic N) is 3. The monoisotopic (exact) mass is 561 g/mol. The minimum Gasteiger partial charge on any atom is -0.368 e. The van der Waals surface area contributed by atoms with Gasteiger partial charge in [0.15, 0.2) is 5.96 Å². The maximum atomic E-state index is 13.0. The van der Waals surface area contributed by atoms with Gasteiger partial charge in [0.2, 0.25) is 5.91 Å². The molecule has 2 aromatic rings. The molecule has 3 N–H and O–H groups in total. The number of rotatable bonds is 5. The minimum atomic E-state index is -4.35. The summed E-state index contributed by atoms with van der Waals surface area (Å²) in [7, 11) is 0. The van der Waals surface area contributed by atoms with E-state index < -0.39 is 17.6 Å². The highest BCUT2D eigenvalue weighted by molar-refractivity contribution is 14.0. The summed E-state index contributed by atoms with van der Waals surface area (Å²) < 4.78 is 39.0. The van der Waals surface area contributed by atoms with Crippen molar-refractivity contribution in [1.29, 1.82) is 0 Å². The molecule has 1 fully saturated rings. The number of hydrogen-bond acceptors (Lipinski definition) is 3. The standard InChI is InChI=1S/C22H26F3N5O.HI/c1-2-27-21(28-15-16-6-8-17(9-7-16)20(26)31)30-12-10-29(11-13-30)19-5-3-4-18(14-19)22(23,24)25;/h3-9,14H,2,10-13,15H2,1H3,(H2,26,31)(H,27,28);1H. The largest absolute Gasteiger partial charge is 0.416 e. The Hall–Kier alpha value is -2.50. The predicted molar refractivity (Wildman–Crippen MR) is 130 cm³/mol. The average Bonchev–Trinajstić information content (AvgIpc) is 2.76. The molecule has 1 heterocycles. The third-order valence-corrected chi connectivity index (χ3v) is 5.10. The number of nitrogens with one attached hydrogen (secondary N) is 1. The van der Waals surface area contributed by atoms with Crippen LogP contribution in [0.3, 0.4) is 0 Å². The number of alkyl halides is 3. The highest BCUT2D eigenvalue weighted by Crippen LogP contribution is 2.31. The predicted octanol–water partition coefficient (Wildman–Crippen LogP) is 3.71. The van der Waals surface area contributed by atoms with E-state index in [1.54, 1.807) is 18.2 Å². The molecule has 0 spiro atoms. The van der Waals surface area contributed by atoms with Gasteiger partial charge in [-0.25, -0.2) is 4.99 Å². The Morgan fingerprint density at radius 1 is 1.09 bits per heavy atom. The molecule has 10 heteroatoms. The van der Waals surface area contributed by atoms with Gasteiger partial charge in [0, 0.05) is 44.0 Å². The van der Waals surface area contributed by atoms with E-state index in [9.17, 15) is 18.0 Å². The first kappa shape index (κ1) is 25.8. The molecule has 6 nitrogen and oxygen atoms in total. The van der Waals surface area contributed by atoms with Crippen LogP contribution in [0, 0.1) is 0 Å². The van der Waals surface area contributed by atoms with Gasteiger partial charge in [-0.1, -0.05) is 18.2 Å². The molecule has 2 aromatic carbocycles. The first-order valence-corrected chi connectivity index (χ1v) is 10.1. The van der Waals surface area contributed by atoms with E-state index in [-0.39, 0.29) is 24.0 Å². The van der Waals surface area contributed by atoms with E-state index in [1.165, 1.54) is 12.1 Å². The second-order valence-electron chi connectivity index (χ2n) is 7.25. The number of carbonyl (C=O) groups excluding carboxylic acids is 1. The number of benzene rings is 2. The maximum absolute atomic E-state index is 13.0. The number of anilines is 1. The lowest BCUT2D eigenvalue weighted by Gasteiger charge is -2.38. The summed E-state index contributed by atoms with van der Waals surface area (Å²) in [5.74, 6) is 0.284. The summed E-state index contributed by atoms with van der Waals surface area (Å²) in [4.78, 5) is 19.9. The molecule has 0 saturated carbocycles. The van der Waals surface area contributed by atoms with Gasteiger partial charge in [-0.15, -0.1) is 24.0 Å². The van der Waals surface area contributed by atoms with Crippen molar-refractivity contribution < 1.29 is 18.0 Å². The summed E-state index contributed by atoms with van der Waals surface area (Å²) in [6.45, 7) is 5.60. The topological polar surface area (TPSA) is 74.0 Å². The maximum Gasteiger partial charge on any atom is 0.416 e. The fraction of sp³-hybridized carbons (Fsp3) is 0.364. The van der Waals surface area contributed by atoms with Crippen LogP contribution in [-0.4, -0.2) is 49.5 Å². The van der Waals surface area contributed by atoms with Gasteiger partial charge in [0.1, 0.15) is 0 Å². The summed E-state index contributed by atoms with van der Waals surface area (Å²) >= 11 is 0. The smallest absolute Gasteiger partial charge is 0.368 e. The van der Waals surface area contributed by atoms with Crippen LogP contribution in [0.1, 0.15) is 28.4 Å². The molecule has 174 valence electrons. The van der Waals surface area contributed by atoms with Crippen molar-refractivity contribution in [3.05, 3.63) is 65.2 Å². The first-order valence-electron chi connectivity index (χ1n) is 10.1. The van der Waals surface area contributed by atoms with E-state index in [2.05, 4.69) is 15.2 Å². The lowest BCUT2D eigenvalue weighted by atomic mass is 10.1. The van der Waals surface area contributed by atoms with Gasteiger partial charge in [-0.3, -0.25) is 4.79 Å². The van der Waals surface area contributed by atoms with Crippen molar-refractivity contribution in [3.63, 3.8) is 0 Å². The molecule has 0 aromatic heterocycles. The van der Waals surface area contributed by atoms with E-state index >= 15 is 0 Å². The van der Waals surface area contributed by atoms with Crippen molar-refractivity contribution in [2.24, 2.45) is 10.7 Å². The quantitative estimate of drug-likeness (QED) is 0.332. The molecule has 0 unspecified atom stereocenters. The van der Waals surface area contributed by atoms with Gasteiger partial charge in [-0.2, -0.15) is 13.2 Å². The normalized spacial score (nSPS) is 14.7. The van der Waals surface area contributed by atoms with E-state index in [1.807, 2.05) is 24.0 Å². The molecule has 32 heavy (non-hydrogen) atoms. The Balaban J connectivity index is 0.00000363. The molecule has 1 aliphatic heterocycles. The van der Waals surface area contributed by atoms with Gasteiger partial charge in [0.05, 0.1) is 12.1 Å². The van der Waals surface area contributed by atoms with Crippen molar-refractivity contribution >= 4 is 41.5 Å². The fourth-order valence-corrected chi connectivity index (χ4v) is 3.42. The van der Waals surface area contributed by atoms with Gasteiger partial charge in [-0.05, 0) is 42.8 Å². The van der Waals surface area contributed by atoms with Gasteiger partial charge in [0.25, 0.3) is 0 Å². The number of nitrogens with two attached hydrogens (primary N) is 1. The van der Waals surface area contributed by atoms with Crippen LogP contribution in [0.15, 0.2) is 53.5 Å². The van der Waals surface area contributed by atoms with Gasteiger partial charge < -0.3 is 20.9 Å². The molecule has 3 rings (SSSR count). The zero-order valence-electron chi connectivity index (χ0n) is 17.7. The SMILES string of the molecule is CCNC(=NCc1ccc(C(N)=O)cc1)N1CCN(c2cccc(C(F)(F)F)c2)CC1.I. The molecule has 0 aliphatic carbocycles. The molecule has 0 radical (unpaired) electrons. The molecule has 0 atom stereocenters. The Morgan fingerprint density at radius 2 is 1.75 bits per heavy atom. The number of piperazine rings is 1. The van der Waals surface area contributed by atoms with Crippen molar-refractivity contribution in [2.45, 2.75) is 19.6 Å². The van der Waals surface area contributed by atoms with Crippen LogP contribution >= 0.6 is 24.0 Å². The number of aliphatic imine (C=N–C) groups is 1. The third kappa shape index (κ3) is 6.75. The highest BCUT2D eigenvalue weighted by atomic mass is 127. The summed E-state index contributed by atoms with van der Waals surface area (Å²) in [6.07, 6.45) is -4.35. The van der Waals surface area contributed by atoms with Crippen LogP contribution in [0.25, 0.3) is 0 Å². The molecule has 0 bridgehead atoms. The second kappa shape index (κ2) is 11.4. The summed E-state index contributed by atoms with van der Waals surface area (Å²) in [6, 6.07) is 12.4. The van der Waals surface area contributed by atoms with Gasteiger partial charge >= 0.3 is 6.18 Å². The van der Waals surface area contributed by atoms with Crippen molar-refractivity contribution in [1.82, 2.24) is 10.2 Å². The Morgan fingerprint density at radius 3 is 2.31 bits per heavy atom. The van der Waals surface area contributed by atoms with Crippen LogP contribution in [0.2, 0.25) is 0 Å². The Kier molecular flexibility index (Phi) is 9.17. The minimum absolute atomic E-state index is 0. The highest BCUT2D eigenvalue weighted by Gasteiger charge is 2.31. The summed E-state index contributed by atoms with van der Waals surface area (Å²) in [5.41, 5.74) is 6.60. The molecular formula is C22H27F3IN5O. The lowest BCUT2D eigenvalue weighted by Crippen LogP contribution is -2.52. The molecule has 1 amide bonds. The van der Waals surface area contributed by atoms with E-state index in [4.69, 9.17) is 5.73 Å². The second-order valence-corrected chi connectivity index (χ2v) is 7.25. The van der Waals surface area contributed by atoms with Crippen LogP contribution in [0.5, 0.6) is 0 Å². The molecule has 1 saturated heterocycles. The van der Waals surface area contributed by atoms with E-state index in [0.29, 0.717) is 50.5 Å². The Labute approximate surface area is 202 Å². The van der Waals surface area contributed by atoms with Crippen molar-refractivity contribution in [3.8, 4) is 0 Å². The third-order valence-electron chi connectivity index (χ3n) is 5.10. The molecule has 1 aliphatic rings. The van der Waals surface area contributed by atoms with Crippen molar-refractivity contribution in [2.75, 3.05) is 37.6 Å². The zero-order valence-corrected chi connectivity index (χ0v) is 20.1. The average molecular weight is 561 g/mol. The number of hydrogen-bond donors (Lipinski definition) is 2. The first-order chi connectivity index (χ1) is 14.8. The number of carbonyl (C=O) groups is 1. The van der Waals surface area contributed by atoms with Crippen LogP contribution < -0.4 is 16.0 Å². The van der Waals surface area contributed by atoms with E-state index in [0.717, 1.165) is 17.6 Å². The number of halogens is 4. The zero-order chi connectivity index (χ0) is 22.4. The fourth-order valence-electron chi connectivity index (χ4n) is 3.42. The van der Waals surface area contributed by atoms with Crippen LogP contribution in [0.4, 0.5) is 18.9 Å². The number of guanidine groups is 1. The number of amides is 1. The molecular weight excluding hydrogens is 534 g/mol. The van der Waals surface area contributed by atoms with Crippen LogP contribution in [-0.2, 0) is 12.7 Å². The number of primary amides is 1.